The van der Waals surface area contributed by atoms with E-state index >= 15 is 0 Å². The third kappa shape index (κ3) is 4.28. The van der Waals surface area contributed by atoms with E-state index in [1.165, 1.54) is 19.4 Å². The van der Waals surface area contributed by atoms with Crippen molar-refractivity contribution >= 4 is 23.5 Å². The summed E-state index contributed by atoms with van der Waals surface area (Å²) in [6.07, 6.45) is 2.42. The van der Waals surface area contributed by atoms with E-state index in [2.05, 4.69) is 20.6 Å². The van der Waals surface area contributed by atoms with Crippen molar-refractivity contribution in [3.63, 3.8) is 0 Å². The van der Waals surface area contributed by atoms with E-state index in [1.54, 1.807) is 24.3 Å². The van der Waals surface area contributed by atoms with Gasteiger partial charge in [0.25, 0.3) is 5.91 Å². The van der Waals surface area contributed by atoms with Crippen LogP contribution in [0.25, 0.3) is 0 Å². The quantitative estimate of drug-likeness (QED) is 0.792. The van der Waals surface area contributed by atoms with Crippen LogP contribution in [0.3, 0.4) is 0 Å². The van der Waals surface area contributed by atoms with Gasteiger partial charge in [-0.2, -0.15) is 0 Å². The van der Waals surface area contributed by atoms with Crippen LogP contribution in [0.15, 0.2) is 36.5 Å². The number of ether oxygens (including phenoxy) is 1. The zero-order valence-electron chi connectivity index (χ0n) is 13.9. The molecule has 0 aliphatic carbocycles. The van der Waals surface area contributed by atoms with E-state index in [1.807, 2.05) is 13.8 Å². The Morgan fingerprint density at radius 2 is 2.00 bits per heavy atom. The molecule has 1 heterocycles. The molecule has 0 saturated carbocycles. The minimum absolute atomic E-state index is 0.198. The number of nitrogens with one attached hydrogen (secondary N) is 2. The largest absolute Gasteiger partial charge is 0.465 e. The van der Waals surface area contributed by atoms with E-state index in [9.17, 15) is 9.59 Å². The molecule has 2 N–H and O–H groups in total. The summed E-state index contributed by atoms with van der Waals surface area (Å²) < 4.78 is 4.71. The maximum absolute atomic E-state index is 12.4. The zero-order chi connectivity index (χ0) is 17.5. The lowest BCUT2D eigenvalue weighted by Gasteiger charge is -2.12. The van der Waals surface area contributed by atoms with Gasteiger partial charge < -0.3 is 15.4 Å². The molecule has 24 heavy (non-hydrogen) atoms. The first-order valence-corrected chi connectivity index (χ1v) is 7.63. The first-order chi connectivity index (χ1) is 11.5. The maximum Gasteiger partial charge on any atom is 0.339 e. The third-order valence-corrected chi connectivity index (χ3v) is 3.46. The van der Waals surface area contributed by atoms with Gasteiger partial charge in [0.05, 0.1) is 18.4 Å². The molecule has 0 aliphatic rings. The Labute approximate surface area is 140 Å². The highest BCUT2D eigenvalue weighted by Gasteiger charge is 2.15. The average Bonchev–Trinajstić information content (AvgIpc) is 2.61. The number of hydrogen-bond donors (Lipinski definition) is 2. The van der Waals surface area contributed by atoms with Crippen LogP contribution in [0, 0.1) is 0 Å². The topological polar surface area (TPSA) is 93.2 Å². The molecule has 7 nitrogen and oxygen atoms in total. The summed E-state index contributed by atoms with van der Waals surface area (Å²) in [7, 11) is 1.29. The van der Waals surface area contributed by atoms with E-state index in [4.69, 9.17) is 4.74 Å². The number of esters is 1. The molecule has 0 saturated heterocycles. The smallest absolute Gasteiger partial charge is 0.339 e. The van der Waals surface area contributed by atoms with Gasteiger partial charge in [0.15, 0.2) is 0 Å². The molecule has 126 valence electrons. The molecule has 7 heteroatoms. The molecule has 1 atom stereocenters. The number of hydrogen-bond acceptors (Lipinski definition) is 6. The number of nitrogens with zero attached hydrogens (tertiary/aromatic N) is 2. The van der Waals surface area contributed by atoms with Gasteiger partial charge in [0.1, 0.15) is 5.69 Å². The van der Waals surface area contributed by atoms with Gasteiger partial charge in [0, 0.05) is 12.2 Å². The second kappa shape index (κ2) is 8.05. The molecule has 0 spiro atoms. The lowest BCUT2D eigenvalue weighted by Crippen LogP contribution is -2.19. The Bertz CT molecular complexity index is 733. The number of carbonyl (C=O) groups excluding carboxylic acids is 2. The number of amides is 1. The van der Waals surface area contributed by atoms with Gasteiger partial charge in [-0.05, 0) is 31.5 Å². The summed E-state index contributed by atoms with van der Waals surface area (Å²) in [5.74, 6) is -0.563. The molecule has 0 bridgehead atoms. The number of carbonyl (C=O) groups is 2. The van der Waals surface area contributed by atoms with Gasteiger partial charge in [-0.1, -0.05) is 19.1 Å². The number of aromatic nitrogens is 2. The van der Waals surface area contributed by atoms with Crippen molar-refractivity contribution in [2.24, 2.45) is 0 Å². The fourth-order valence-electron chi connectivity index (χ4n) is 1.94. The van der Waals surface area contributed by atoms with Crippen LogP contribution in [0.2, 0.25) is 0 Å². The highest BCUT2D eigenvalue weighted by molar-refractivity contribution is 6.07. The molecule has 0 aliphatic heterocycles. The molecule has 2 rings (SSSR count). The molecule has 1 aromatic carbocycles. The number of para-hydroxylation sites is 1. The standard InChI is InChI=1S/C17H20N4O3/c1-4-11(2)19-17-18-10-9-14(21-17)15(22)20-13-8-6-5-7-12(13)16(23)24-3/h5-11H,4H2,1-3H3,(H,20,22)(H,18,19,21). The predicted octanol–water partition coefficient (Wildman–Crippen LogP) is 2.73. The Kier molecular flexibility index (Phi) is 5.83. The van der Waals surface area contributed by atoms with Gasteiger partial charge in [-0.25, -0.2) is 14.8 Å². The van der Waals surface area contributed by atoms with Crippen molar-refractivity contribution in [2.75, 3.05) is 17.7 Å². The van der Waals surface area contributed by atoms with Crippen molar-refractivity contribution in [1.82, 2.24) is 9.97 Å². The molecule has 0 radical (unpaired) electrons. The summed E-state index contributed by atoms with van der Waals surface area (Å²) in [4.78, 5) is 32.5. The Morgan fingerprint density at radius 1 is 1.25 bits per heavy atom. The minimum Gasteiger partial charge on any atom is -0.465 e. The zero-order valence-corrected chi connectivity index (χ0v) is 13.9. The lowest BCUT2D eigenvalue weighted by molar-refractivity contribution is 0.0602. The van der Waals surface area contributed by atoms with Crippen molar-refractivity contribution in [2.45, 2.75) is 26.3 Å². The highest BCUT2D eigenvalue weighted by atomic mass is 16.5. The summed E-state index contributed by atoms with van der Waals surface area (Å²) in [6.45, 7) is 4.04. The second-order valence-corrected chi connectivity index (χ2v) is 5.21. The van der Waals surface area contributed by atoms with Crippen LogP contribution in [-0.4, -0.2) is 35.0 Å². The number of rotatable bonds is 6. The number of benzene rings is 1. The fraction of sp³-hybridized carbons (Fsp3) is 0.294. The lowest BCUT2D eigenvalue weighted by atomic mass is 10.1. The molecule has 1 unspecified atom stereocenters. The van der Waals surface area contributed by atoms with Crippen LogP contribution in [0.5, 0.6) is 0 Å². The summed E-state index contributed by atoms with van der Waals surface area (Å²) in [5, 5.41) is 5.79. The Hall–Kier alpha value is -2.96. The van der Waals surface area contributed by atoms with Crippen molar-refractivity contribution in [3.8, 4) is 0 Å². The van der Waals surface area contributed by atoms with Gasteiger partial charge in [-0.15, -0.1) is 0 Å². The monoisotopic (exact) mass is 328 g/mol. The van der Waals surface area contributed by atoms with Gasteiger partial charge in [0.2, 0.25) is 5.95 Å². The first kappa shape index (κ1) is 17.4. The van der Waals surface area contributed by atoms with Crippen LogP contribution in [0.1, 0.15) is 41.1 Å². The third-order valence-electron chi connectivity index (χ3n) is 3.46. The Morgan fingerprint density at radius 3 is 2.71 bits per heavy atom. The molecule has 1 amide bonds. The van der Waals surface area contributed by atoms with Crippen LogP contribution >= 0.6 is 0 Å². The second-order valence-electron chi connectivity index (χ2n) is 5.21. The van der Waals surface area contributed by atoms with Crippen LogP contribution < -0.4 is 10.6 Å². The highest BCUT2D eigenvalue weighted by Crippen LogP contribution is 2.17. The van der Waals surface area contributed by atoms with Gasteiger partial charge in [-0.3, -0.25) is 4.79 Å². The van der Waals surface area contributed by atoms with Crippen molar-refractivity contribution in [3.05, 3.63) is 47.8 Å². The van der Waals surface area contributed by atoms with E-state index in [0.29, 0.717) is 11.6 Å². The molecular formula is C17H20N4O3. The fourth-order valence-corrected chi connectivity index (χ4v) is 1.94. The van der Waals surface area contributed by atoms with E-state index in [-0.39, 0.29) is 17.3 Å². The number of anilines is 2. The van der Waals surface area contributed by atoms with Crippen LogP contribution in [0.4, 0.5) is 11.6 Å². The predicted molar refractivity (Wildman–Crippen MR) is 91.1 cm³/mol. The molecule has 0 fully saturated rings. The van der Waals surface area contributed by atoms with Crippen molar-refractivity contribution in [1.29, 1.82) is 0 Å². The van der Waals surface area contributed by atoms with E-state index in [0.717, 1.165) is 6.42 Å². The first-order valence-electron chi connectivity index (χ1n) is 7.63. The average molecular weight is 328 g/mol. The minimum atomic E-state index is -0.521. The summed E-state index contributed by atoms with van der Waals surface area (Å²) >= 11 is 0. The van der Waals surface area contributed by atoms with Gasteiger partial charge >= 0.3 is 5.97 Å². The normalized spacial score (nSPS) is 11.5. The molecular weight excluding hydrogens is 308 g/mol. The van der Waals surface area contributed by atoms with E-state index < -0.39 is 11.9 Å². The summed E-state index contributed by atoms with van der Waals surface area (Å²) in [5.41, 5.74) is 0.847. The SMILES string of the molecule is CCC(C)Nc1nccc(C(=O)Nc2ccccc2C(=O)OC)n1. The Balaban J connectivity index is 2.19. The number of methoxy groups -OCH3 is 1. The molecule has 2 aromatic rings. The summed E-state index contributed by atoms with van der Waals surface area (Å²) in [6, 6.07) is 8.33. The maximum atomic E-state index is 12.4. The van der Waals surface area contributed by atoms with Crippen molar-refractivity contribution < 1.29 is 14.3 Å². The molecule has 1 aromatic heterocycles. The van der Waals surface area contributed by atoms with Crippen LogP contribution in [-0.2, 0) is 4.74 Å².